The Balaban J connectivity index is 2.10. The number of nitrogens with two attached hydrogens (primary N) is 1. The third-order valence-electron chi connectivity index (χ3n) is 2.07. The predicted molar refractivity (Wildman–Crippen MR) is 59.8 cm³/mol. The molecule has 0 aromatic heterocycles. The highest BCUT2D eigenvalue weighted by molar-refractivity contribution is 7.90. The molecule has 1 saturated carbocycles. The molecule has 2 rings (SSSR count). The van der Waals surface area contributed by atoms with Crippen molar-refractivity contribution in [2.45, 2.75) is 18.9 Å². The van der Waals surface area contributed by atoms with Crippen LogP contribution in [0.4, 0.5) is 11.4 Å². The number of hydrogen-bond acceptors (Lipinski definition) is 3. The van der Waals surface area contributed by atoms with Crippen molar-refractivity contribution >= 4 is 21.6 Å². The molecule has 4 N–H and O–H groups in total. The Bertz CT molecular complexity index is 454. The van der Waals surface area contributed by atoms with Crippen molar-refractivity contribution in [3.8, 4) is 0 Å². The molecule has 1 aromatic rings. The van der Waals surface area contributed by atoms with Crippen LogP contribution in [-0.4, -0.2) is 14.5 Å². The fraction of sp³-hybridized carbons (Fsp3) is 0.333. The topological polar surface area (TPSA) is 84.2 Å². The molecule has 82 valence electrons. The van der Waals surface area contributed by atoms with Crippen LogP contribution in [0.1, 0.15) is 12.8 Å². The summed E-state index contributed by atoms with van der Waals surface area (Å²) >= 11 is 0. The first kappa shape index (κ1) is 10.3. The Kier molecular flexibility index (Phi) is 2.54. The number of rotatable bonds is 4. The van der Waals surface area contributed by atoms with Gasteiger partial charge < -0.3 is 5.32 Å². The first-order valence-electron chi connectivity index (χ1n) is 4.70. The van der Waals surface area contributed by atoms with E-state index in [9.17, 15) is 8.42 Å². The SMILES string of the molecule is NS(=O)(=O)Nc1cccc(NC2CC2)c1. The van der Waals surface area contributed by atoms with E-state index in [0.29, 0.717) is 11.7 Å². The third kappa shape index (κ3) is 3.41. The van der Waals surface area contributed by atoms with Crippen molar-refractivity contribution in [3.63, 3.8) is 0 Å². The Morgan fingerprint density at radius 2 is 1.93 bits per heavy atom. The average molecular weight is 227 g/mol. The highest BCUT2D eigenvalue weighted by Gasteiger charge is 2.20. The zero-order chi connectivity index (χ0) is 10.9. The fourth-order valence-electron chi connectivity index (χ4n) is 1.30. The molecule has 1 aliphatic rings. The van der Waals surface area contributed by atoms with Crippen LogP contribution in [0.15, 0.2) is 24.3 Å². The van der Waals surface area contributed by atoms with Gasteiger partial charge in [-0.2, -0.15) is 8.42 Å². The van der Waals surface area contributed by atoms with Crippen molar-refractivity contribution in [3.05, 3.63) is 24.3 Å². The van der Waals surface area contributed by atoms with E-state index in [1.807, 2.05) is 6.07 Å². The molecule has 15 heavy (non-hydrogen) atoms. The van der Waals surface area contributed by atoms with Crippen molar-refractivity contribution in [2.24, 2.45) is 5.14 Å². The summed E-state index contributed by atoms with van der Waals surface area (Å²) in [5.74, 6) is 0. The van der Waals surface area contributed by atoms with E-state index in [2.05, 4.69) is 10.0 Å². The van der Waals surface area contributed by atoms with Crippen LogP contribution in [0, 0.1) is 0 Å². The van der Waals surface area contributed by atoms with Gasteiger partial charge in [0.05, 0.1) is 5.69 Å². The van der Waals surface area contributed by atoms with Crippen molar-refractivity contribution in [2.75, 3.05) is 10.0 Å². The predicted octanol–water partition coefficient (Wildman–Crippen LogP) is 0.876. The highest BCUT2D eigenvalue weighted by Crippen LogP contribution is 2.25. The molecule has 0 aliphatic heterocycles. The summed E-state index contributed by atoms with van der Waals surface area (Å²) in [4.78, 5) is 0. The molecular formula is C9H13N3O2S. The zero-order valence-electron chi connectivity index (χ0n) is 8.10. The van der Waals surface area contributed by atoms with Gasteiger partial charge in [0.1, 0.15) is 0 Å². The fourth-order valence-corrected chi connectivity index (χ4v) is 1.76. The molecule has 0 saturated heterocycles. The second kappa shape index (κ2) is 3.71. The molecule has 6 heteroatoms. The van der Waals surface area contributed by atoms with Gasteiger partial charge in [0.2, 0.25) is 0 Å². The largest absolute Gasteiger partial charge is 0.382 e. The van der Waals surface area contributed by atoms with Crippen molar-refractivity contribution < 1.29 is 8.42 Å². The normalized spacial score (nSPS) is 16.1. The lowest BCUT2D eigenvalue weighted by Gasteiger charge is -2.07. The monoisotopic (exact) mass is 227 g/mol. The van der Waals surface area contributed by atoms with Gasteiger partial charge in [0, 0.05) is 11.7 Å². The maximum absolute atomic E-state index is 10.8. The van der Waals surface area contributed by atoms with Crippen LogP contribution < -0.4 is 15.2 Å². The lowest BCUT2D eigenvalue weighted by molar-refractivity contribution is 0.603. The highest BCUT2D eigenvalue weighted by atomic mass is 32.2. The minimum atomic E-state index is -3.68. The number of hydrogen-bond donors (Lipinski definition) is 3. The quantitative estimate of drug-likeness (QED) is 0.713. The lowest BCUT2D eigenvalue weighted by Crippen LogP contribution is -2.21. The molecule has 1 fully saturated rings. The van der Waals surface area contributed by atoms with Gasteiger partial charge in [0.15, 0.2) is 0 Å². The second-order valence-corrected chi connectivity index (χ2v) is 4.94. The Hall–Kier alpha value is -1.27. The van der Waals surface area contributed by atoms with Crippen LogP contribution in [0.25, 0.3) is 0 Å². The zero-order valence-corrected chi connectivity index (χ0v) is 8.92. The second-order valence-electron chi connectivity index (χ2n) is 3.65. The molecular weight excluding hydrogens is 214 g/mol. The Morgan fingerprint density at radius 1 is 1.27 bits per heavy atom. The van der Waals surface area contributed by atoms with E-state index in [1.54, 1.807) is 18.2 Å². The Labute approximate surface area is 88.9 Å². The van der Waals surface area contributed by atoms with Crippen LogP contribution in [-0.2, 0) is 10.2 Å². The van der Waals surface area contributed by atoms with Gasteiger partial charge in [-0.3, -0.25) is 4.72 Å². The summed E-state index contributed by atoms with van der Waals surface area (Å²) in [5.41, 5.74) is 1.38. The molecule has 0 spiro atoms. The summed E-state index contributed by atoms with van der Waals surface area (Å²) in [6, 6.07) is 7.59. The minimum absolute atomic E-state index is 0.475. The summed E-state index contributed by atoms with van der Waals surface area (Å²) in [7, 11) is -3.68. The van der Waals surface area contributed by atoms with E-state index in [-0.39, 0.29) is 0 Å². The van der Waals surface area contributed by atoms with E-state index < -0.39 is 10.2 Å². The number of benzene rings is 1. The molecule has 0 amide bonds. The first-order valence-corrected chi connectivity index (χ1v) is 6.25. The molecule has 0 unspecified atom stereocenters. The number of nitrogens with one attached hydrogen (secondary N) is 2. The standard InChI is InChI=1S/C9H13N3O2S/c10-15(13,14)12-9-3-1-2-8(6-9)11-7-4-5-7/h1-3,6-7,11-12H,4-5H2,(H2,10,13,14). The number of anilines is 2. The van der Waals surface area contributed by atoms with E-state index in [1.165, 1.54) is 12.8 Å². The molecule has 1 aromatic carbocycles. The molecule has 0 radical (unpaired) electrons. The molecule has 5 nitrogen and oxygen atoms in total. The van der Waals surface area contributed by atoms with Gasteiger partial charge in [-0.05, 0) is 31.0 Å². The van der Waals surface area contributed by atoms with E-state index in [0.717, 1.165) is 5.69 Å². The average Bonchev–Trinajstić information content (AvgIpc) is 2.85. The van der Waals surface area contributed by atoms with Gasteiger partial charge in [0.25, 0.3) is 10.2 Å². The van der Waals surface area contributed by atoms with Crippen LogP contribution >= 0.6 is 0 Å². The summed E-state index contributed by atoms with van der Waals surface area (Å²) in [6.45, 7) is 0. The summed E-state index contributed by atoms with van der Waals surface area (Å²) in [5, 5.41) is 8.14. The first-order chi connectivity index (χ1) is 7.03. The van der Waals surface area contributed by atoms with E-state index >= 15 is 0 Å². The van der Waals surface area contributed by atoms with Gasteiger partial charge in [-0.25, -0.2) is 5.14 Å². The maximum atomic E-state index is 10.8. The van der Waals surface area contributed by atoms with Crippen LogP contribution in [0.5, 0.6) is 0 Å². The lowest BCUT2D eigenvalue weighted by atomic mass is 10.3. The van der Waals surface area contributed by atoms with Crippen LogP contribution in [0.3, 0.4) is 0 Å². The summed E-state index contributed by atoms with van der Waals surface area (Å²) in [6.07, 6.45) is 2.35. The molecule has 0 heterocycles. The van der Waals surface area contributed by atoms with Gasteiger partial charge >= 0.3 is 0 Å². The third-order valence-corrected chi connectivity index (χ3v) is 2.59. The Morgan fingerprint density at radius 3 is 2.53 bits per heavy atom. The van der Waals surface area contributed by atoms with Crippen molar-refractivity contribution in [1.82, 2.24) is 0 Å². The molecule has 1 aliphatic carbocycles. The van der Waals surface area contributed by atoms with E-state index in [4.69, 9.17) is 5.14 Å². The van der Waals surface area contributed by atoms with Gasteiger partial charge in [-0.15, -0.1) is 0 Å². The smallest absolute Gasteiger partial charge is 0.296 e. The maximum Gasteiger partial charge on any atom is 0.296 e. The summed E-state index contributed by atoms with van der Waals surface area (Å²) < 4.78 is 23.8. The minimum Gasteiger partial charge on any atom is -0.382 e. The van der Waals surface area contributed by atoms with Gasteiger partial charge in [-0.1, -0.05) is 6.07 Å². The molecule has 0 bridgehead atoms. The van der Waals surface area contributed by atoms with Crippen molar-refractivity contribution in [1.29, 1.82) is 0 Å². The van der Waals surface area contributed by atoms with Crippen LogP contribution in [0.2, 0.25) is 0 Å². The molecule has 0 atom stereocenters.